The Morgan fingerprint density at radius 3 is 1.47 bits per heavy atom. The molecule has 1 saturated heterocycles. The molecule has 0 saturated carbocycles. The first-order chi connectivity index (χ1) is 14.1. The van der Waals surface area contributed by atoms with Crippen molar-refractivity contribution in [3.05, 3.63) is 12.3 Å². The van der Waals surface area contributed by atoms with Gasteiger partial charge in [-0.15, -0.1) is 0 Å². The number of rotatable bonds is 9. The van der Waals surface area contributed by atoms with Crippen LogP contribution in [0.5, 0.6) is 0 Å². The van der Waals surface area contributed by atoms with Gasteiger partial charge in [-0.3, -0.25) is 34.0 Å². The fraction of sp³-hybridized carbons (Fsp3) is 0.750. The van der Waals surface area contributed by atoms with Crippen molar-refractivity contribution in [1.82, 2.24) is 19.6 Å². The summed E-state index contributed by atoms with van der Waals surface area (Å²) in [4.78, 5) is 42.8. The van der Waals surface area contributed by atoms with Crippen molar-refractivity contribution in [3.8, 4) is 0 Å². The molecule has 10 nitrogen and oxygen atoms in total. The van der Waals surface area contributed by atoms with Gasteiger partial charge in [0, 0.05) is 58.3 Å². The lowest BCUT2D eigenvalue weighted by Crippen LogP contribution is -2.49. The molecule has 1 aliphatic rings. The molecule has 0 bridgehead atoms. The van der Waals surface area contributed by atoms with Crippen molar-refractivity contribution in [2.75, 3.05) is 78.5 Å². The number of hydrogen-bond acceptors (Lipinski definition) is 8. The van der Waals surface area contributed by atoms with Crippen molar-refractivity contribution < 1.29 is 24.6 Å². The number of ketones is 1. The van der Waals surface area contributed by atoms with E-state index in [0.29, 0.717) is 58.9 Å². The SMILES string of the molecule is C=C(O)CN1CCN(CC(N)=O)CCN(CC(=O)C(C)C)CCN(CC(=O)O)CC1. The normalized spacial score (nSPS) is 19.2. The van der Waals surface area contributed by atoms with Gasteiger partial charge in [-0.1, -0.05) is 20.4 Å². The minimum absolute atomic E-state index is 0.0340. The third-order valence-electron chi connectivity index (χ3n) is 5.10. The number of carboxylic acid groups (broad SMARTS) is 1. The number of aliphatic hydroxyl groups is 1. The Kier molecular flexibility index (Phi) is 11.6. The number of primary amides is 1. The number of carbonyl (C=O) groups excluding carboxylic acids is 2. The van der Waals surface area contributed by atoms with E-state index in [9.17, 15) is 24.6 Å². The fourth-order valence-electron chi connectivity index (χ4n) is 3.28. The molecule has 0 spiro atoms. The van der Waals surface area contributed by atoms with Crippen LogP contribution in [0.2, 0.25) is 0 Å². The van der Waals surface area contributed by atoms with Gasteiger partial charge < -0.3 is 15.9 Å². The van der Waals surface area contributed by atoms with Crippen LogP contribution in [0.15, 0.2) is 12.3 Å². The number of carbonyl (C=O) groups is 3. The van der Waals surface area contributed by atoms with Crippen molar-refractivity contribution in [2.45, 2.75) is 13.8 Å². The van der Waals surface area contributed by atoms with Crippen LogP contribution in [-0.4, -0.2) is 126 Å². The maximum Gasteiger partial charge on any atom is 0.317 e. The highest BCUT2D eigenvalue weighted by Gasteiger charge is 2.20. The predicted molar refractivity (Wildman–Crippen MR) is 114 cm³/mol. The van der Waals surface area contributed by atoms with Crippen molar-refractivity contribution in [1.29, 1.82) is 0 Å². The van der Waals surface area contributed by atoms with E-state index in [2.05, 4.69) is 6.58 Å². The summed E-state index contributed by atoms with van der Waals surface area (Å²) in [6, 6.07) is 0. The fourth-order valence-corrected chi connectivity index (χ4v) is 3.28. The Morgan fingerprint density at radius 1 is 0.767 bits per heavy atom. The molecule has 0 aromatic carbocycles. The van der Waals surface area contributed by atoms with Gasteiger partial charge in [0.05, 0.1) is 31.9 Å². The van der Waals surface area contributed by atoms with Crippen LogP contribution in [-0.2, 0) is 14.4 Å². The number of nitrogens with two attached hydrogens (primary N) is 1. The van der Waals surface area contributed by atoms with E-state index >= 15 is 0 Å². The Morgan fingerprint density at radius 2 is 1.13 bits per heavy atom. The van der Waals surface area contributed by atoms with E-state index < -0.39 is 11.9 Å². The quantitative estimate of drug-likeness (QED) is 0.400. The summed E-state index contributed by atoms with van der Waals surface area (Å²) in [5, 5.41) is 18.8. The zero-order valence-electron chi connectivity index (χ0n) is 18.3. The van der Waals surface area contributed by atoms with Gasteiger partial charge >= 0.3 is 5.97 Å². The van der Waals surface area contributed by atoms with Crippen LogP contribution in [0.4, 0.5) is 0 Å². The summed E-state index contributed by atoms with van der Waals surface area (Å²) in [5.74, 6) is -1.24. The van der Waals surface area contributed by atoms with Gasteiger partial charge in [0.1, 0.15) is 5.78 Å². The molecule has 1 fully saturated rings. The van der Waals surface area contributed by atoms with Gasteiger partial charge in [0.25, 0.3) is 0 Å². The first kappa shape index (κ1) is 26.0. The molecule has 10 heteroatoms. The lowest BCUT2D eigenvalue weighted by molar-refractivity contribution is -0.138. The molecular formula is C20H37N5O5. The van der Waals surface area contributed by atoms with E-state index in [1.54, 1.807) is 0 Å². The van der Waals surface area contributed by atoms with Crippen molar-refractivity contribution >= 4 is 17.7 Å². The molecule has 0 aromatic heterocycles. The molecule has 172 valence electrons. The highest BCUT2D eigenvalue weighted by atomic mass is 16.4. The topological polar surface area (TPSA) is 131 Å². The highest BCUT2D eigenvalue weighted by Crippen LogP contribution is 2.04. The molecule has 0 atom stereocenters. The van der Waals surface area contributed by atoms with Gasteiger partial charge in [-0.05, 0) is 0 Å². The zero-order chi connectivity index (χ0) is 22.7. The third-order valence-corrected chi connectivity index (χ3v) is 5.10. The number of nitrogens with zero attached hydrogens (tertiary/aromatic N) is 4. The van der Waals surface area contributed by atoms with E-state index in [0.717, 1.165) is 0 Å². The lowest BCUT2D eigenvalue weighted by atomic mass is 10.1. The zero-order valence-corrected chi connectivity index (χ0v) is 18.3. The largest absolute Gasteiger partial charge is 0.512 e. The van der Waals surface area contributed by atoms with Crippen molar-refractivity contribution in [3.63, 3.8) is 0 Å². The molecular weight excluding hydrogens is 390 g/mol. The Labute approximate surface area is 178 Å². The van der Waals surface area contributed by atoms with Crippen LogP contribution in [0.3, 0.4) is 0 Å². The smallest absolute Gasteiger partial charge is 0.317 e. The molecule has 1 amide bonds. The molecule has 0 aromatic rings. The monoisotopic (exact) mass is 427 g/mol. The Balaban J connectivity index is 2.95. The summed E-state index contributed by atoms with van der Waals surface area (Å²) in [7, 11) is 0. The van der Waals surface area contributed by atoms with Crippen LogP contribution < -0.4 is 5.73 Å². The van der Waals surface area contributed by atoms with E-state index in [-0.39, 0.29) is 37.1 Å². The summed E-state index contributed by atoms with van der Waals surface area (Å²) >= 11 is 0. The summed E-state index contributed by atoms with van der Waals surface area (Å²) < 4.78 is 0. The number of carboxylic acids is 1. The number of hydrogen-bond donors (Lipinski definition) is 3. The van der Waals surface area contributed by atoms with Gasteiger partial charge in [-0.25, -0.2) is 0 Å². The van der Waals surface area contributed by atoms with Gasteiger partial charge in [0.2, 0.25) is 5.91 Å². The van der Waals surface area contributed by atoms with Crippen LogP contribution >= 0.6 is 0 Å². The van der Waals surface area contributed by atoms with E-state index in [1.165, 1.54) is 0 Å². The number of Topliss-reactive ketones (excluding diaryl/α,β-unsaturated/α-hetero) is 1. The third kappa shape index (κ3) is 11.2. The van der Waals surface area contributed by atoms with Gasteiger partial charge in [0.15, 0.2) is 0 Å². The average molecular weight is 428 g/mol. The first-order valence-electron chi connectivity index (χ1n) is 10.4. The summed E-state index contributed by atoms with van der Waals surface area (Å²) in [5.41, 5.74) is 5.40. The molecule has 30 heavy (non-hydrogen) atoms. The molecule has 1 aliphatic heterocycles. The van der Waals surface area contributed by atoms with E-state index in [4.69, 9.17) is 5.73 Å². The minimum Gasteiger partial charge on any atom is -0.512 e. The molecule has 1 heterocycles. The predicted octanol–water partition coefficient (Wildman–Crippen LogP) is -0.925. The van der Waals surface area contributed by atoms with Crippen LogP contribution in [0.25, 0.3) is 0 Å². The second kappa shape index (κ2) is 13.3. The highest BCUT2D eigenvalue weighted by molar-refractivity contribution is 5.82. The van der Waals surface area contributed by atoms with Crippen LogP contribution in [0, 0.1) is 5.92 Å². The van der Waals surface area contributed by atoms with Crippen LogP contribution in [0.1, 0.15) is 13.8 Å². The number of amides is 1. The second-order valence-corrected chi connectivity index (χ2v) is 8.15. The second-order valence-electron chi connectivity index (χ2n) is 8.15. The molecule has 0 radical (unpaired) electrons. The number of aliphatic hydroxyl groups excluding tert-OH is 1. The first-order valence-corrected chi connectivity index (χ1v) is 10.4. The number of aliphatic carboxylic acids is 1. The lowest BCUT2D eigenvalue weighted by Gasteiger charge is -2.33. The summed E-state index contributed by atoms with van der Waals surface area (Å²) in [6.45, 7) is 12.2. The molecule has 4 N–H and O–H groups in total. The molecule has 1 rings (SSSR count). The maximum absolute atomic E-state index is 12.3. The van der Waals surface area contributed by atoms with E-state index in [1.807, 2.05) is 33.4 Å². The van der Waals surface area contributed by atoms with Crippen molar-refractivity contribution in [2.24, 2.45) is 11.7 Å². The standard InChI is InChI=1S/C20H37N5O5/c1-16(2)18(27)13-23-6-9-24(14-19(21)28)8-4-22(12-17(3)26)5-10-25(11-7-23)15-20(29)30/h16,26H,3-15H2,1-2H3,(H2,21,28)(H,29,30). The minimum atomic E-state index is -0.905. The Hall–Kier alpha value is -2.01. The summed E-state index contributed by atoms with van der Waals surface area (Å²) in [6.07, 6.45) is 0. The van der Waals surface area contributed by atoms with Gasteiger partial charge in [-0.2, -0.15) is 0 Å². The molecule has 0 aliphatic carbocycles. The average Bonchev–Trinajstić information content (AvgIpc) is 2.62. The Bertz CT molecular complexity index is 566. The molecule has 0 unspecified atom stereocenters. The maximum atomic E-state index is 12.3.